The molecule has 1 aliphatic rings. The van der Waals surface area contributed by atoms with Crippen molar-refractivity contribution in [3.05, 3.63) is 27.7 Å². The molecular formula is C14H20BrN. The zero-order chi connectivity index (χ0) is 11.5. The zero-order valence-electron chi connectivity index (χ0n) is 10.2. The number of rotatable bonds is 3. The maximum atomic E-state index is 3.62. The van der Waals surface area contributed by atoms with E-state index in [1.807, 2.05) is 0 Å². The number of aryl methyl sites for hydroxylation is 2. The van der Waals surface area contributed by atoms with Gasteiger partial charge in [-0.3, -0.25) is 0 Å². The van der Waals surface area contributed by atoms with E-state index in [-0.39, 0.29) is 0 Å². The highest BCUT2D eigenvalue weighted by Crippen LogP contribution is 2.32. The van der Waals surface area contributed by atoms with Crippen molar-refractivity contribution >= 4 is 21.6 Å². The molecule has 1 aliphatic heterocycles. The minimum Gasteiger partial charge on any atom is -0.371 e. The molecule has 2 rings (SSSR count). The third kappa shape index (κ3) is 2.27. The lowest BCUT2D eigenvalue weighted by Gasteiger charge is -2.24. The summed E-state index contributed by atoms with van der Waals surface area (Å²) >= 11 is 3.62. The van der Waals surface area contributed by atoms with Crippen molar-refractivity contribution in [1.29, 1.82) is 0 Å². The van der Waals surface area contributed by atoms with Crippen LogP contribution in [0, 0.1) is 0 Å². The van der Waals surface area contributed by atoms with Crippen LogP contribution in [-0.4, -0.2) is 13.1 Å². The minimum atomic E-state index is 1.12. The average molecular weight is 282 g/mol. The van der Waals surface area contributed by atoms with E-state index in [0.717, 1.165) is 12.8 Å². The van der Waals surface area contributed by atoms with E-state index < -0.39 is 0 Å². The number of benzene rings is 1. The third-order valence-electron chi connectivity index (χ3n) is 3.42. The second-order valence-corrected chi connectivity index (χ2v) is 5.39. The van der Waals surface area contributed by atoms with Gasteiger partial charge in [-0.1, -0.05) is 29.8 Å². The normalized spacial score (nSPS) is 15.8. The second-order valence-electron chi connectivity index (χ2n) is 4.47. The van der Waals surface area contributed by atoms with Gasteiger partial charge in [0.15, 0.2) is 0 Å². The van der Waals surface area contributed by atoms with Gasteiger partial charge < -0.3 is 4.90 Å². The number of hydrogen-bond acceptors (Lipinski definition) is 1. The van der Waals surface area contributed by atoms with Crippen LogP contribution in [0.3, 0.4) is 0 Å². The summed E-state index contributed by atoms with van der Waals surface area (Å²) in [5.41, 5.74) is 4.51. The van der Waals surface area contributed by atoms with Crippen LogP contribution in [0.1, 0.15) is 37.8 Å². The largest absolute Gasteiger partial charge is 0.371 e. The van der Waals surface area contributed by atoms with E-state index in [4.69, 9.17) is 0 Å². The predicted molar refractivity (Wildman–Crippen MR) is 74.3 cm³/mol. The van der Waals surface area contributed by atoms with Crippen molar-refractivity contribution in [1.82, 2.24) is 0 Å². The second kappa shape index (κ2) is 5.22. The van der Waals surface area contributed by atoms with Gasteiger partial charge in [0.2, 0.25) is 0 Å². The molecule has 1 saturated heterocycles. The monoisotopic (exact) mass is 281 g/mol. The molecule has 1 fully saturated rings. The van der Waals surface area contributed by atoms with Crippen molar-refractivity contribution in [2.24, 2.45) is 0 Å². The van der Waals surface area contributed by atoms with Crippen LogP contribution in [0.4, 0.5) is 5.69 Å². The lowest BCUT2D eigenvalue weighted by atomic mass is 10.0. The molecule has 0 aliphatic carbocycles. The minimum absolute atomic E-state index is 1.12. The summed E-state index contributed by atoms with van der Waals surface area (Å²) in [7, 11) is 0. The molecule has 1 aromatic rings. The Morgan fingerprint density at radius 3 is 2.00 bits per heavy atom. The molecule has 0 saturated carbocycles. The van der Waals surface area contributed by atoms with Crippen LogP contribution in [0.25, 0.3) is 0 Å². The van der Waals surface area contributed by atoms with Crippen LogP contribution in [0.15, 0.2) is 16.6 Å². The standard InChI is InChI=1S/C14H20BrN/c1-3-11-9-13(15)10-12(4-2)14(11)16-7-5-6-8-16/h9-10H,3-8H2,1-2H3. The number of hydrogen-bond donors (Lipinski definition) is 0. The van der Waals surface area contributed by atoms with Crippen LogP contribution >= 0.6 is 15.9 Å². The van der Waals surface area contributed by atoms with Gasteiger partial charge in [0.25, 0.3) is 0 Å². The molecule has 1 aromatic carbocycles. The Balaban J connectivity index is 2.46. The lowest BCUT2D eigenvalue weighted by molar-refractivity contribution is 0.925. The first kappa shape index (κ1) is 12.0. The first-order valence-electron chi connectivity index (χ1n) is 6.32. The number of anilines is 1. The van der Waals surface area contributed by atoms with Crippen LogP contribution < -0.4 is 4.90 Å². The summed E-state index contributed by atoms with van der Waals surface area (Å²) < 4.78 is 1.23. The Hall–Kier alpha value is -0.500. The Labute approximate surface area is 107 Å². The third-order valence-corrected chi connectivity index (χ3v) is 3.87. The highest BCUT2D eigenvalue weighted by molar-refractivity contribution is 9.10. The molecule has 0 atom stereocenters. The van der Waals surface area contributed by atoms with Gasteiger partial charge in [0.1, 0.15) is 0 Å². The quantitative estimate of drug-likeness (QED) is 0.804. The maximum absolute atomic E-state index is 3.62. The van der Waals surface area contributed by atoms with Crippen LogP contribution in [-0.2, 0) is 12.8 Å². The maximum Gasteiger partial charge on any atom is 0.0431 e. The average Bonchev–Trinajstić information content (AvgIpc) is 2.80. The van der Waals surface area contributed by atoms with Crippen molar-refractivity contribution < 1.29 is 0 Å². The van der Waals surface area contributed by atoms with E-state index >= 15 is 0 Å². The summed E-state index contributed by atoms with van der Waals surface area (Å²) in [6.07, 6.45) is 4.95. The predicted octanol–water partition coefficient (Wildman–Crippen LogP) is 4.17. The van der Waals surface area contributed by atoms with E-state index in [1.165, 1.54) is 47.2 Å². The van der Waals surface area contributed by atoms with Crippen LogP contribution in [0.5, 0.6) is 0 Å². The van der Waals surface area contributed by atoms with Gasteiger partial charge in [-0.25, -0.2) is 0 Å². The summed E-state index contributed by atoms with van der Waals surface area (Å²) in [4.78, 5) is 2.57. The van der Waals surface area contributed by atoms with E-state index in [2.05, 4.69) is 46.8 Å². The van der Waals surface area contributed by atoms with Gasteiger partial charge in [-0.15, -0.1) is 0 Å². The van der Waals surface area contributed by atoms with Crippen molar-refractivity contribution in [3.63, 3.8) is 0 Å². The smallest absolute Gasteiger partial charge is 0.0431 e. The number of nitrogens with zero attached hydrogens (tertiary/aromatic N) is 1. The molecule has 16 heavy (non-hydrogen) atoms. The SMILES string of the molecule is CCc1cc(Br)cc(CC)c1N1CCCC1. The fraction of sp³-hybridized carbons (Fsp3) is 0.571. The molecule has 0 aromatic heterocycles. The molecule has 2 heteroatoms. The molecule has 0 unspecified atom stereocenters. The molecule has 0 radical (unpaired) electrons. The summed E-state index contributed by atoms with van der Waals surface area (Å²) in [6.45, 7) is 6.98. The Bertz CT molecular complexity index is 342. The Morgan fingerprint density at radius 1 is 1.06 bits per heavy atom. The van der Waals surface area contributed by atoms with Crippen molar-refractivity contribution in [2.75, 3.05) is 18.0 Å². The van der Waals surface area contributed by atoms with Gasteiger partial charge in [-0.2, -0.15) is 0 Å². The first-order chi connectivity index (χ1) is 7.76. The van der Waals surface area contributed by atoms with Crippen molar-refractivity contribution in [3.8, 4) is 0 Å². The molecule has 0 N–H and O–H groups in total. The molecule has 0 bridgehead atoms. The Morgan fingerprint density at radius 2 is 1.56 bits per heavy atom. The van der Waals surface area contributed by atoms with Gasteiger partial charge >= 0.3 is 0 Å². The first-order valence-corrected chi connectivity index (χ1v) is 7.11. The fourth-order valence-corrected chi connectivity index (χ4v) is 3.16. The molecule has 0 spiro atoms. The van der Waals surface area contributed by atoms with E-state index in [9.17, 15) is 0 Å². The van der Waals surface area contributed by atoms with Gasteiger partial charge in [-0.05, 0) is 48.9 Å². The molecule has 1 nitrogen and oxygen atoms in total. The lowest BCUT2D eigenvalue weighted by Crippen LogP contribution is -2.21. The zero-order valence-corrected chi connectivity index (χ0v) is 11.8. The highest BCUT2D eigenvalue weighted by atomic mass is 79.9. The van der Waals surface area contributed by atoms with Crippen LogP contribution in [0.2, 0.25) is 0 Å². The fourth-order valence-electron chi connectivity index (χ4n) is 2.60. The molecule has 1 heterocycles. The highest BCUT2D eigenvalue weighted by Gasteiger charge is 2.18. The van der Waals surface area contributed by atoms with Gasteiger partial charge in [0.05, 0.1) is 0 Å². The van der Waals surface area contributed by atoms with Crippen molar-refractivity contribution in [2.45, 2.75) is 39.5 Å². The van der Waals surface area contributed by atoms with Gasteiger partial charge in [0, 0.05) is 23.2 Å². The summed E-state index contributed by atoms with van der Waals surface area (Å²) in [5.74, 6) is 0. The van der Waals surface area contributed by atoms with E-state index in [0.29, 0.717) is 0 Å². The topological polar surface area (TPSA) is 3.24 Å². The Kier molecular flexibility index (Phi) is 3.91. The van der Waals surface area contributed by atoms with E-state index in [1.54, 1.807) is 0 Å². The summed E-state index contributed by atoms with van der Waals surface area (Å²) in [5, 5.41) is 0. The number of halogens is 1. The summed E-state index contributed by atoms with van der Waals surface area (Å²) in [6, 6.07) is 4.57. The molecule has 0 amide bonds. The molecular weight excluding hydrogens is 262 g/mol. The molecule has 88 valence electrons.